The second-order valence-corrected chi connectivity index (χ2v) is 6.30. The highest BCUT2D eigenvalue weighted by molar-refractivity contribution is 5.68. The number of likely N-dealkylation sites (tertiary alicyclic amines) is 1. The van der Waals surface area contributed by atoms with Crippen LogP contribution in [0.4, 0.5) is 18.0 Å². The Bertz CT molecular complexity index is 339. The molecule has 0 spiro atoms. The number of nitrogens with zero attached hydrogens (tertiary/aromatic N) is 1. The van der Waals surface area contributed by atoms with Crippen LogP contribution in [-0.4, -0.2) is 47.9 Å². The van der Waals surface area contributed by atoms with E-state index in [4.69, 9.17) is 4.74 Å². The number of amides is 1. The lowest BCUT2D eigenvalue weighted by atomic mass is 10.2. The molecular formula is C13H23F3N2O2. The Kier molecular flexibility index (Phi) is 5.29. The number of hydrogen-bond donors (Lipinski definition) is 1. The van der Waals surface area contributed by atoms with Gasteiger partial charge in [-0.25, -0.2) is 4.79 Å². The van der Waals surface area contributed by atoms with Gasteiger partial charge in [0.2, 0.25) is 0 Å². The van der Waals surface area contributed by atoms with Crippen molar-refractivity contribution in [1.29, 1.82) is 0 Å². The summed E-state index contributed by atoms with van der Waals surface area (Å²) in [5, 5.41) is 2.91. The molecule has 7 heteroatoms. The fourth-order valence-electron chi connectivity index (χ4n) is 2.20. The van der Waals surface area contributed by atoms with Gasteiger partial charge in [0.1, 0.15) is 5.60 Å². The molecule has 0 bridgehead atoms. The fourth-order valence-corrected chi connectivity index (χ4v) is 2.20. The average molecular weight is 296 g/mol. The van der Waals surface area contributed by atoms with Crippen molar-refractivity contribution in [3.05, 3.63) is 0 Å². The maximum absolute atomic E-state index is 12.2. The molecule has 0 radical (unpaired) electrons. The number of rotatable bonds is 3. The molecule has 1 amide bonds. The highest BCUT2D eigenvalue weighted by Gasteiger charge is 2.33. The van der Waals surface area contributed by atoms with E-state index in [9.17, 15) is 18.0 Å². The van der Waals surface area contributed by atoms with Crippen molar-refractivity contribution in [2.24, 2.45) is 0 Å². The largest absolute Gasteiger partial charge is 0.444 e. The standard InChI is InChI=1S/C13H23F3N2O2/c1-9(7-13(14,15)16)17-10-5-6-18(8-10)11(19)20-12(2,3)4/h9-10,17H,5-8H2,1-4H3. The summed E-state index contributed by atoms with van der Waals surface area (Å²) >= 11 is 0. The Morgan fingerprint density at radius 3 is 2.50 bits per heavy atom. The molecule has 1 aliphatic heterocycles. The van der Waals surface area contributed by atoms with E-state index in [-0.39, 0.29) is 6.04 Å². The van der Waals surface area contributed by atoms with E-state index in [1.54, 1.807) is 20.8 Å². The molecule has 1 rings (SSSR count). The molecule has 0 saturated carbocycles. The summed E-state index contributed by atoms with van der Waals surface area (Å²) in [6, 6.07) is -0.765. The highest BCUT2D eigenvalue weighted by Crippen LogP contribution is 2.22. The second kappa shape index (κ2) is 6.20. The normalized spacial score (nSPS) is 21.9. The van der Waals surface area contributed by atoms with Gasteiger partial charge in [0.25, 0.3) is 0 Å². The van der Waals surface area contributed by atoms with Crippen LogP contribution >= 0.6 is 0 Å². The molecule has 2 atom stereocenters. The number of halogens is 3. The Hall–Kier alpha value is -0.980. The molecule has 118 valence electrons. The van der Waals surface area contributed by atoms with E-state index in [1.165, 1.54) is 11.8 Å². The third kappa shape index (κ3) is 6.45. The topological polar surface area (TPSA) is 41.6 Å². The zero-order chi connectivity index (χ0) is 15.6. The van der Waals surface area contributed by atoms with E-state index in [1.807, 2.05) is 0 Å². The van der Waals surface area contributed by atoms with Gasteiger partial charge in [-0.15, -0.1) is 0 Å². The molecule has 0 aromatic carbocycles. The van der Waals surface area contributed by atoms with Gasteiger partial charge in [-0.2, -0.15) is 13.2 Å². The van der Waals surface area contributed by atoms with E-state index in [0.29, 0.717) is 19.5 Å². The second-order valence-electron chi connectivity index (χ2n) is 6.30. The lowest BCUT2D eigenvalue weighted by molar-refractivity contribution is -0.139. The summed E-state index contributed by atoms with van der Waals surface area (Å²) in [6.45, 7) is 7.73. The molecule has 0 aromatic rings. The van der Waals surface area contributed by atoms with Crippen molar-refractivity contribution in [2.75, 3.05) is 13.1 Å². The van der Waals surface area contributed by atoms with Gasteiger partial charge >= 0.3 is 12.3 Å². The predicted molar refractivity (Wildman–Crippen MR) is 69.5 cm³/mol. The monoisotopic (exact) mass is 296 g/mol. The van der Waals surface area contributed by atoms with Gasteiger partial charge in [-0.05, 0) is 34.1 Å². The summed E-state index contributed by atoms with van der Waals surface area (Å²) < 4.78 is 42.0. The van der Waals surface area contributed by atoms with E-state index in [2.05, 4.69) is 5.32 Å². The fraction of sp³-hybridized carbons (Fsp3) is 0.923. The van der Waals surface area contributed by atoms with Crippen molar-refractivity contribution in [3.63, 3.8) is 0 Å². The van der Waals surface area contributed by atoms with Crippen LogP contribution in [0.2, 0.25) is 0 Å². The van der Waals surface area contributed by atoms with Crippen LogP contribution in [0.5, 0.6) is 0 Å². The van der Waals surface area contributed by atoms with Crippen molar-refractivity contribution >= 4 is 6.09 Å². The first-order valence-electron chi connectivity index (χ1n) is 6.77. The summed E-state index contributed by atoms with van der Waals surface area (Å²) in [5.41, 5.74) is -0.563. The van der Waals surface area contributed by atoms with Crippen molar-refractivity contribution in [3.8, 4) is 0 Å². The molecule has 1 saturated heterocycles. The molecule has 0 aromatic heterocycles. The minimum Gasteiger partial charge on any atom is -0.444 e. The highest BCUT2D eigenvalue weighted by atomic mass is 19.4. The number of nitrogens with one attached hydrogen (secondary N) is 1. The van der Waals surface area contributed by atoms with Gasteiger partial charge in [-0.1, -0.05) is 0 Å². The first-order valence-corrected chi connectivity index (χ1v) is 6.77. The third-order valence-corrected chi connectivity index (χ3v) is 2.90. The number of hydrogen-bond acceptors (Lipinski definition) is 3. The molecule has 4 nitrogen and oxygen atoms in total. The van der Waals surface area contributed by atoms with Crippen molar-refractivity contribution in [1.82, 2.24) is 10.2 Å². The Balaban J connectivity index is 2.38. The maximum Gasteiger partial charge on any atom is 0.410 e. The molecule has 20 heavy (non-hydrogen) atoms. The molecule has 0 aliphatic carbocycles. The third-order valence-electron chi connectivity index (χ3n) is 2.90. The summed E-state index contributed by atoms with van der Waals surface area (Å²) in [4.78, 5) is 13.3. The van der Waals surface area contributed by atoms with Crippen LogP contribution < -0.4 is 5.32 Å². The lowest BCUT2D eigenvalue weighted by Gasteiger charge is -2.25. The smallest absolute Gasteiger partial charge is 0.410 e. The first kappa shape index (κ1) is 17.1. The van der Waals surface area contributed by atoms with E-state index < -0.39 is 30.3 Å². The van der Waals surface area contributed by atoms with Crippen LogP contribution in [0.1, 0.15) is 40.5 Å². The minimum absolute atomic E-state index is 0.111. The molecular weight excluding hydrogens is 273 g/mol. The SMILES string of the molecule is CC(CC(F)(F)F)NC1CCN(C(=O)OC(C)(C)C)C1. The zero-order valence-electron chi connectivity index (χ0n) is 12.4. The minimum atomic E-state index is -4.17. The summed E-state index contributed by atoms with van der Waals surface area (Å²) in [5.74, 6) is 0. The van der Waals surface area contributed by atoms with Gasteiger partial charge in [-0.3, -0.25) is 0 Å². The number of alkyl halides is 3. The predicted octanol–water partition coefficient (Wildman–Crippen LogP) is 2.93. The molecule has 1 fully saturated rings. The van der Waals surface area contributed by atoms with Gasteiger partial charge < -0.3 is 15.0 Å². The molecule has 2 unspecified atom stereocenters. The molecule has 1 N–H and O–H groups in total. The van der Waals surface area contributed by atoms with E-state index >= 15 is 0 Å². The average Bonchev–Trinajstić information content (AvgIpc) is 2.59. The van der Waals surface area contributed by atoms with Crippen LogP contribution in [-0.2, 0) is 4.74 Å². The Labute approximate surface area is 117 Å². The van der Waals surface area contributed by atoms with Crippen LogP contribution in [0, 0.1) is 0 Å². The molecule has 1 heterocycles. The maximum atomic E-state index is 12.2. The van der Waals surface area contributed by atoms with Gasteiger partial charge in [0, 0.05) is 25.2 Å². The van der Waals surface area contributed by atoms with Crippen LogP contribution in [0.15, 0.2) is 0 Å². The van der Waals surface area contributed by atoms with Crippen molar-refractivity contribution < 1.29 is 22.7 Å². The number of carbonyl (C=O) groups is 1. The Morgan fingerprint density at radius 1 is 1.40 bits per heavy atom. The van der Waals surface area contributed by atoms with Crippen LogP contribution in [0.3, 0.4) is 0 Å². The van der Waals surface area contributed by atoms with Crippen LogP contribution in [0.25, 0.3) is 0 Å². The Morgan fingerprint density at radius 2 is 2.00 bits per heavy atom. The summed E-state index contributed by atoms with van der Waals surface area (Å²) in [7, 11) is 0. The number of ether oxygens (including phenoxy) is 1. The quantitative estimate of drug-likeness (QED) is 0.870. The lowest BCUT2D eigenvalue weighted by Crippen LogP contribution is -2.42. The van der Waals surface area contributed by atoms with Crippen molar-refractivity contribution in [2.45, 2.75) is 64.4 Å². The summed E-state index contributed by atoms with van der Waals surface area (Å²) in [6.07, 6.45) is -4.81. The molecule has 1 aliphatic rings. The van der Waals surface area contributed by atoms with Gasteiger partial charge in [0.15, 0.2) is 0 Å². The zero-order valence-corrected chi connectivity index (χ0v) is 12.4. The van der Waals surface area contributed by atoms with Gasteiger partial charge in [0.05, 0.1) is 6.42 Å². The van der Waals surface area contributed by atoms with E-state index in [0.717, 1.165) is 0 Å². The number of carbonyl (C=O) groups excluding carboxylic acids is 1. The first-order chi connectivity index (χ1) is 8.96.